The van der Waals surface area contributed by atoms with Crippen molar-refractivity contribution in [1.29, 1.82) is 0 Å². The molecule has 2 aliphatic heterocycles. The highest BCUT2D eigenvalue weighted by molar-refractivity contribution is 7.86. The van der Waals surface area contributed by atoms with E-state index in [-0.39, 0.29) is 19.5 Å². The zero-order valence-electron chi connectivity index (χ0n) is 33.6. The second kappa shape index (κ2) is 17.3. The molecule has 316 valence electrons. The van der Waals surface area contributed by atoms with Gasteiger partial charge in [-0.25, -0.2) is 9.59 Å². The highest BCUT2D eigenvalue weighted by Gasteiger charge is 2.49. The number of hydrogen-bond donors (Lipinski definition) is 3. The zero-order chi connectivity index (χ0) is 42.7. The number of rotatable bonds is 10. The van der Waals surface area contributed by atoms with Crippen molar-refractivity contribution in [2.75, 3.05) is 32.4 Å². The van der Waals surface area contributed by atoms with Crippen molar-refractivity contribution in [3.63, 3.8) is 0 Å². The lowest BCUT2D eigenvalue weighted by atomic mass is 9.88. The fourth-order valence-electron chi connectivity index (χ4n) is 7.85. The molecule has 2 saturated heterocycles. The molecule has 2 aromatic carbocycles. The molecule has 18 nitrogen and oxygen atoms in total. The number of aliphatic hydroxyl groups is 1. The number of aromatic nitrogens is 2. The number of nitro groups is 2. The van der Waals surface area contributed by atoms with Gasteiger partial charge in [-0.05, 0) is 77.6 Å². The number of ether oxygens (including phenoxy) is 2. The molecule has 0 radical (unpaired) electrons. The molecule has 4 heterocycles. The summed E-state index contributed by atoms with van der Waals surface area (Å²) in [5.74, 6) is -1.46. The van der Waals surface area contributed by atoms with E-state index in [1.165, 1.54) is 9.80 Å². The fourth-order valence-corrected chi connectivity index (χ4v) is 8.51. The second-order valence-electron chi connectivity index (χ2n) is 16.6. The minimum absolute atomic E-state index is 0.163. The summed E-state index contributed by atoms with van der Waals surface area (Å²) in [4.78, 5) is 56.7. The predicted molar refractivity (Wildman–Crippen MR) is 214 cm³/mol. The van der Waals surface area contributed by atoms with Gasteiger partial charge in [-0.15, -0.1) is 0 Å². The average molecular weight is 829 g/mol. The molecule has 58 heavy (non-hydrogen) atoms. The minimum atomic E-state index is -3.85. The number of aliphatic hydroxyl groups excluding tert-OH is 1. The topological polar surface area (TPSA) is 241 Å². The quantitative estimate of drug-likeness (QED) is 0.0979. The summed E-state index contributed by atoms with van der Waals surface area (Å²) in [6, 6.07) is 13.2. The summed E-state index contributed by atoms with van der Waals surface area (Å²) in [5.41, 5.74) is 1.52. The molecule has 0 bridgehead atoms. The van der Waals surface area contributed by atoms with Gasteiger partial charge < -0.3 is 34.3 Å². The van der Waals surface area contributed by atoms with E-state index in [1.807, 2.05) is 48.5 Å². The molecule has 19 heteroatoms. The van der Waals surface area contributed by atoms with Crippen molar-refractivity contribution in [3.05, 3.63) is 92.3 Å². The number of carbonyl (C=O) groups is 2. The van der Waals surface area contributed by atoms with Gasteiger partial charge in [-0.1, -0.05) is 36.4 Å². The largest absolute Gasteiger partial charge is 0.444 e. The van der Waals surface area contributed by atoms with Crippen LogP contribution >= 0.6 is 0 Å². The first-order valence-electron chi connectivity index (χ1n) is 18.9. The number of carbonyl (C=O) groups excluding carboxylic acids is 2. The van der Waals surface area contributed by atoms with Crippen molar-refractivity contribution < 1.29 is 46.6 Å². The number of aromatic amines is 2. The van der Waals surface area contributed by atoms with E-state index in [0.29, 0.717) is 18.5 Å². The Balaban J connectivity index is 0.000000223. The van der Waals surface area contributed by atoms with Crippen molar-refractivity contribution in [3.8, 4) is 0 Å². The molecule has 0 aliphatic carbocycles. The van der Waals surface area contributed by atoms with Crippen LogP contribution < -0.4 is 0 Å². The normalized spacial score (nSPS) is 21.0. The standard InChI is InChI=1S/C20H27N3O7S.C19H25N3O5/c1-20(2,3)29-19(24)22-10-9-17(30-31(4,27)28)18(22)15(12-23(25)26)14-11-21-16-8-6-5-7-13(14)16;1-19(2,3)27-18(24)21-9-8-16(23)17(21)14(11-22(25)26)13-10-20-15-7-5-4-6-12(13)15/h5-8,11,15,17-18,21H,9-10,12H2,1-4H3;4-7,10,14,16-17,20,23H,8-9,11H2,1-3H3/t15-,17+,18-;14-,16+,17-/m11/s1. The van der Waals surface area contributed by atoms with Crippen LogP contribution in [0, 0.1) is 20.2 Å². The number of para-hydroxylation sites is 2. The molecule has 6 atom stereocenters. The molecule has 4 aromatic rings. The van der Waals surface area contributed by atoms with Crippen molar-refractivity contribution in [2.24, 2.45) is 0 Å². The van der Waals surface area contributed by atoms with Gasteiger partial charge >= 0.3 is 12.2 Å². The van der Waals surface area contributed by atoms with Gasteiger partial charge in [-0.3, -0.25) is 24.4 Å². The Morgan fingerprint density at radius 1 is 0.776 bits per heavy atom. The second-order valence-corrected chi connectivity index (χ2v) is 18.2. The van der Waals surface area contributed by atoms with Crippen LogP contribution in [0.3, 0.4) is 0 Å². The van der Waals surface area contributed by atoms with Gasteiger partial charge in [0, 0.05) is 57.1 Å². The SMILES string of the molecule is CC(C)(C)OC(=O)N1CC[C@H](O)[C@H]1[C@H](C[N+](=O)[O-])c1c[nH]c2ccccc12.CC(C)(C)OC(=O)N1CC[C@H](OS(C)(=O)=O)[C@H]1[C@H](C[N+](=O)[O-])c1c[nH]c2ccccc12. The Morgan fingerprint density at radius 2 is 1.19 bits per heavy atom. The van der Waals surface area contributed by atoms with Crippen molar-refractivity contribution in [2.45, 2.75) is 102 Å². The number of benzene rings is 2. The van der Waals surface area contributed by atoms with Crippen LogP contribution in [0.5, 0.6) is 0 Å². The molecule has 2 fully saturated rings. The van der Waals surface area contributed by atoms with Gasteiger partial charge in [0.25, 0.3) is 10.1 Å². The molecule has 0 unspecified atom stereocenters. The summed E-state index contributed by atoms with van der Waals surface area (Å²) in [7, 11) is -3.85. The fraction of sp³-hybridized carbons (Fsp3) is 0.538. The maximum Gasteiger partial charge on any atom is 0.410 e. The van der Waals surface area contributed by atoms with Crippen LogP contribution in [0.25, 0.3) is 21.8 Å². The van der Waals surface area contributed by atoms with Crippen LogP contribution in [0.4, 0.5) is 9.59 Å². The van der Waals surface area contributed by atoms with E-state index in [2.05, 4.69) is 9.97 Å². The smallest absolute Gasteiger partial charge is 0.410 e. The number of amides is 2. The number of fused-ring (bicyclic) bond motifs is 2. The van der Waals surface area contributed by atoms with E-state index < -0.39 is 86.0 Å². The number of nitrogens with zero attached hydrogens (tertiary/aromatic N) is 4. The summed E-state index contributed by atoms with van der Waals surface area (Å²) < 4.78 is 40.0. The maximum absolute atomic E-state index is 12.9. The number of H-pyrrole nitrogens is 2. The first-order valence-corrected chi connectivity index (χ1v) is 20.8. The Kier molecular flexibility index (Phi) is 13.1. The van der Waals surface area contributed by atoms with Crippen LogP contribution in [0.2, 0.25) is 0 Å². The highest BCUT2D eigenvalue weighted by Crippen LogP contribution is 2.39. The summed E-state index contributed by atoms with van der Waals surface area (Å²) in [5, 5.41) is 35.2. The third-order valence-electron chi connectivity index (χ3n) is 9.93. The lowest BCUT2D eigenvalue weighted by Gasteiger charge is -2.33. The Labute approximate surface area is 336 Å². The first kappa shape index (κ1) is 43.8. The van der Waals surface area contributed by atoms with Crippen LogP contribution in [-0.4, -0.2) is 123 Å². The van der Waals surface area contributed by atoms with Crippen LogP contribution in [-0.2, 0) is 23.8 Å². The molecule has 6 rings (SSSR count). The molecule has 2 aliphatic rings. The van der Waals surface area contributed by atoms with E-state index in [9.17, 15) is 43.3 Å². The first-order chi connectivity index (χ1) is 27.0. The van der Waals surface area contributed by atoms with Crippen LogP contribution in [0.15, 0.2) is 60.9 Å². The molecular formula is C39H52N6O12S. The highest BCUT2D eigenvalue weighted by atomic mass is 32.2. The lowest BCUT2D eigenvalue weighted by Crippen LogP contribution is -2.48. The van der Waals surface area contributed by atoms with Gasteiger partial charge in [0.15, 0.2) is 0 Å². The minimum Gasteiger partial charge on any atom is -0.444 e. The Hall–Kier alpha value is -5.27. The molecule has 0 spiro atoms. The van der Waals surface area contributed by atoms with E-state index in [0.717, 1.165) is 33.6 Å². The lowest BCUT2D eigenvalue weighted by molar-refractivity contribution is -0.484. The molecular weight excluding hydrogens is 777 g/mol. The van der Waals surface area contributed by atoms with Gasteiger partial charge in [0.05, 0.1) is 36.3 Å². The molecule has 0 saturated carbocycles. The Bertz CT molecular complexity index is 2230. The van der Waals surface area contributed by atoms with Crippen molar-refractivity contribution in [1.82, 2.24) is 19.8 Å². The van der Waals surface area contributed by atoms with E-state index >= 15 is 0 Å². The maximum atomic E-state index is 12.9. The van der Waals surface area contributed by atoms with Gasteiger partial charge in [0.2, 0.25) is 13.1 Å². The van der Waals surface area contributed by atoms with Gasteiger partial charge in [0.1, 0.15) is 17.3 Å². The van der Waals surface area contributed by atoms with E-state index in [1.54, 1.807) is 53.9 Å². The predicted octanol–water partition coefficient (Wildman–Crippen LogP) is 5.78. The van der Waals surface area contributed by atoms with Gasteiger partial charge in [-0.2, -0.15) is 8.42 Å². The number of likely N-dealkylation sites (tertiary alicyclic amines) is 2. The van der Waals surface area contributed by atoms with E-state index in [4.69, 9.17) is 13.7 Å². The third kappa shape index (κ3) is 10.8. The summed E-state index contributed by atoms with van der Waals surface area (Å²) in [6.45, 7) is 10.0. The Morgan fingerprint density at radius 3 is 1.62 bits per heavy atom. The van der Waals surface area contributed by atoms with Crippen molar-refractivity contribution >= 4 is 44.1 Å². The molecule has 2 aromatic heterocycles. The monoisotopic (exact) mass is 828 g/mol. The molecule has 2 amide bonds. The molecule has 3 N–H and O–H groups in total. The number of nitrogens with one attached hydrogen (secondary N) is 2. The average Bonchev–Trinajstić information content (AvgIpc) is 3.89. The number of hydrogen-bond acceptors (Lipinski definition) is 12. The summed E-state index contributed by atoms with van der Waals surface area (Å²) in [6.07, 6.45) is 1.90. The van der Waals surface area contributed by atoms with Crippen LogP contribution in [0.1, 0.15) is 77.3 Å². The third-order valence-corrected chi connectivity index (χ3v) is 10.5. The summed E-state index contributed by atoms with van der Waals surface area (Å²) >= 11 is 0. The zero-order valence-corrected chi connectivity index (χ0v) is 34.4.